The summed E-state index contributed by atoms with van der Waals surface area (Å²) in [5.41, 5.74) is 0.775. The summed E-state index contributed by atoms with van der Waals surface area (Å²) >= 11 is 0. The lowest BCUT2D eigenvalue weighted by Crippen LogP contribution is -2.49. The van der Waals surface area contributed by atoms with Crippen LogP contribution in [0.25, 0.3) is 0 Å². The molecular formula is C18H26N2O3. The van der Waals surface area contributed by atoms with Crippen molar-refractivity contribution in [1.82, 2.24) is 9.80 Å². The third-order valence-corrected chi connectivity index (χ3v) is 5.78. The van der Waals surface area contributed by atoms with Gasteiger partial charge in [-0.1, -0.05) is 0 Å². The summed E-state index contributed by atoms with van der Waals surface area (Å²) in [5, 5.41) is 0. The van der Waals surface area contributed by atoms with E-state index in [9.17, 15) is 4.79 Å². The third-order valence-electron chi connectivity index (χ3n) is 5.78. The number of rotatable bonds is 2. The van der Waals surface area contributed by atoms with Crippen molar-refractivity contribution in [2.45, 2.75) is 50.7 Å². The molecule has 3 aliphatic rings. The smallest absolute Gasteiger partial charge is 0.289 e. The van der Waals surface area contributed by atoms with Gasteiger partial charge in [0.05, 0.1) is 18.4 Å². The zero-order valence-electron chi connectivity index (χ0n) is 13.9. The summed E-state index contributed by atoms with van der Waals surface area (Å²) in [4.78, 5) is 17.2. The number of amides is 1. The van der Waals surface area contributed by atoms with Crippen LogP contribution >= 0.6 is 0 Å². The summed E-state index contributed by atoms with van der Waals surface area (Å²) in [7, 11) is 0. The molecule has 4 heterocycles. The van der Waals surface area contributed by atoms with Gasteiger partial charge in [-0.2, -0.15) is 0 Å². The van der Waals surface area contributed by atoms with Crippen molar-refractivity contribution in [3.63, 3.8) is 0 Å². The Bertz CT molecular complexity index is 579. The number of likely N-dealkylation sites (tertiary alicyclic amines) is 2. The third kappa shape index (κ3) is 2.81. The Balaban J connectivity index is 1.44. The molecule has 1 amide bonds. The quantitative estimate of drug-likeness (QED) is 0.840. The van der Waals surface area contributed by atoms with Crippen LogP contribution in [0.3, 0.4) is 0 Å². The number of nitrogens with zero attached hydrogens (tertiary/aromatic N) is 2. The standard InChI is InChI=1S/C18H26N2O3/c1-14-4-10-22-16(14)17(21)20-9-6-18(13-20)12-15(5-11-23-18)19-7-2-3-8-19/h4,10,15H,2-3,5-9,11-13H2,1H3/t15-,18-/m1/s1. The summed E-state index contributed by atoms with van der Waals surface area (Å²) in [5.74, 6) is 0.491. The van der Waals surface area contributed by atoms with E-state index in [2.05, 4.69) is 4.90 Å². The van der Waals surface area contributed by atoms with E-state index in [0.29, 0.717) is 18.3 Å². The highest BCUT2D eigenvalue weighted by Crippen LogP contribution is 2.37. The zero-order valence-corrected chi connectivity index (χ0v) is 13.9. The number of furan rings is 1. The van der Waals surface area contributed by atoms with Crippen LogP contribution in [0, 0.1) is 6.92 Å². The van der Waals surface area contributed by atoms with Gasteiger partial charge >= 0.3 is 0 Å². The van der Waals surface area contributed by atoms with E-state index in [4.69, 9.17) is 9.15 Å². The molecule has 0 radical (unpaired) electrons. The van der Waals surface area contributed by atoms with Crippen LogP contribution in [-0.2, 0) is 4.74 Å². The minimum atomic E-state index is -0.137. The van der Waals surface area contributed by atoms with Crippen LogP contribution in [0.5, 0.6) is 0 Å². The van der Waals surface area contributed by atoms with Crippen molar-refractivity contribution in [2.75, 3.05) is 32.8 Å². The first-order valence-electron chi connectivity index (χ1n) is 8.88. The second-order valence-corrected chi connectivity index (χ2v) is 7.33. The lowest BCUT2D eigenvalue weighted by molar-refractivity contribution is -0.0947. The van der Waals surface area contributed by atoms with E-state index in [0.717, 1.165) is 38.0 Å². The molecular weight excluding hydrogens is 292 g/mol. The molecule has 3 saturated heterocycles. The zero-order chi connectivity index (χ0) is 15.9. The second kappa shape index (κ2) is 5.95. The van der Waals surface area contributed by atoms with Gasteiger partial charge in [-0.05, 0) is 58.2 Å². The highest BCUT2D eigenvalue weighted by atomic mass is 16.5. The number of ether oxygens (including phenoxy) is 1. The van der Waals surface area contributed by atoms with Crippen LogP contribution in [-0.4, -0.2) is 60.1 Å². The van der Waals surface area contributed by atoms with Crippen LogP contribution in [0.1, 0.15) is 48.2 Å². The van der Waals surface area contributed by atoms with Crippen molar-refractivity contribution in [1.29, 1.82) is 0 Å². The van der Waals surface area contributed by atoms with Gasteiger partial charge in [0.25, 0.3) is 5.91 Å². The maximum absolute atomic E-state index is 12.7. The maximum Gasteiger partial charge on any atom is 0.289 e. The molecule has 0 N–H and O–H groups in total. The molecule has 0 saturated carbocycles. The Morgan fingerprint density at radius 1 is 1.30 bits per heavy atom. The van der Waals surface area contributed by atoms with Crippen LogP contribution in [0.15, 0.2) is 16.7 Å². The number of carbonyl (C=O) groups is 1. The fourth-order valence-electron chi connectivity index (χ4n) is 4.46. The van der Waals surface area contributed by atoms with Gasteiger partial charge in [-0.3, -0.25) is 4.79 Å². The van der Waals surface area contributed by atoms with Gasteiger partial charge in [-0.15, -0.1) is 0 Å². The Morgan fingerprint density at radius 2 is 2.13 bits per heavy atom. The molecule has 0 unspecified atom stereocenters. The first kappa shape index (κ1) is 15.2. The fourth-order valence-corrected chi connectivity index (χ4v) is 4.46. The van der Waals surface area contributed by atoms with Gasteiger partial charge in [0.15, 0.2) is 5.76 Å². The molecule has 126 valence electrons. The summed E-state index contributed by atoms with van der Waals surface area (Å²) < 4.78 is 11.6. The SMILES string of the molecule is Cc1ccoc1C(=O)N1CC[C@@]2(C[C@H](N3CCCC3)CCO2)C1. The fraction of sp³-hybridized carbons (Fsp3) is 0.722. The van der Waals surface area contributed by atoms with Crippen molar-refractivity contribution >= 4 is 5.91 Å². The van der Waals surface area contributed by atoms with Gasteiger partial charge in [0, 0.05) is 24.8 Å². The van der Waals surface area contributed by atoms with Crippen LogP contribution in [0.2, 0.25) is 0 Å². The minimum Gasteiger partial charge on any atom is -0.459 e. The Labute approximate surface area is 137 Å². The lowest BCUT2D eigenvalue weighted by atomic mass is 9.89. The summed E-state index contributed by atoms with van der Waals surface area (Å²) in [6.07, 6.45) is 7.39. The molecule has 1 aromatic heterocycles. The van der Waals surface area contributed by atoms with Gasteiger partial charge in [-0.25, -0.2) is 0 Å². The van der Waals surface area contributed by atoms with Crippen molar-refractivity contribution in [2.24, 2.45) is 0 Å². The Morgan fingerprint density at radius 3 is 2.87 bits per heavy atom. The molecule has 1 aromatic rings. The van der Waals surface area contributed by atoms with Crippen molar-refractivity contribution < 1.29 is 13.9 Å². The molecule has 4 rings (SSSR count). The number of carbonyl (C=O) groups excluding carboxylic acids is 1. The molecule has 0 aromatic carbocycles. The van der Waals surface area contributed by atoms with Crippen molar-refractivity contribution in [3.05, 3.63) is 23.7 Å². The predicted octanol–water partition coefficient (Wildman–Crippen LogP) is 2.45. The monoisotopic (exact) mass is 318 g/mol. The molecule has 1 spiro atoms. The van der Waals surface area contributed by atoms with E-state index >= 15 is 0 Å². The molecule has 3 aliphatic heterocycles. The maximum atomic E-state index is 12.7. The van der Waals surface area contributed by atoms with E-state index in [-0.39, 0.29) is 11.5 Å². The normalized spacial score (nSPS) is 32.0. The molecule has 3 fully saturated rings. The topological polar surface area (TPSA) is 45.9 Å². The van der Waals surface area contributed by atoms with E-state index in [1.165, 1.54) is 25.9 Å². The van der Waals surface area contributed by atoms with Gasteiger partial charge in [0.1, 0.15) is 0 Å². The average molecular weight is 318 g/mol. The first-order valence-corrected chi connectivity index (χ1v) is 8.88. The molecule has 5 nitrogen and oxygen atoms in total. The van der Waals surface area contributed by atoms with Gasteiger partial charge < -0.3 is 19.0 Å². The van der Waals surface area contributed by atoms with E-state index in [1.54, 1.807) is 6.26 Å². The Hall–Kier alpha value is -1.33. The highest BCUT2D eigenvalue weighted by molar-refractivity contribution is 5.93. The Kier molecular flexibility index (Phi) is 3.93. The van der Waals surface area contributed by atoms with E-state index in [1.807, 2.05) is 17.9 Å². The largest absolute Gasteiger partial charge is 0.459 e. The van der Waals surface area contributed by atoms with Gasteiger partial charge in [0.2, 0.25) is 0 Å². The minimum absolute atomic E-state index is 0.0104. The molecule has 23 heavy (non-hydrogen) atoms. The average Bonchev–Trinajstić information content (AvgIpc) is 3.28. The van der Waals surface area contributed by atoms with Crippen LogP contribution < -0.4 is 0 Å². The molecule has 5 heteroatoms. The number of hydrogen-bond donors (Lipinski definition) is 0. The number of aryl methyl sites for hydroxylation is 1. The highest BCUT2D eigenvalue weighted by Gasteiger charge is 2.46. The van der Waals surface area contributed by atoms with Crippen LogP contribution in [0.4, 0.5) is 0 Å². The molecule has 0 aliphatic carbocycles. The first-order chi connectivity index (χ1) is 11.2. The predicted molar refractivity (Wildman–Crippen MR) is 86.5 cm³/mol. The van der Waals surface area contributed by atoms with E-state index < -0.39 is 0 Å². The van der Waals surface area contributed by atoms with Crippen molar-refractivity contribution in [3.8, 4) is 0 Å². The second-order valence-electron chi connectivity index (χ2n) is 7.33. The lowest BCUT2D eigenvalue weighted by Gasteiger charge is -2.41. The summed E-state index contributed by atoms with van der Waals surface area (Å²) in [6, 6.07) is 2.48. The summed E-state index contributed by atoms with van der Waals surface area (Å²) in [6.45, 7) is 6.68. The molecule has 2 atom stereocenters. The molecule has 0 bridgehead atoms. The number of hydrogen-bond acceptors (Lipinski definition) is 4.